The molecule has 5 nitrogen and oxygen atoms in total. The summed E-state index contributed by atoms with van der Waals surface area (Å²) in [5, 5.41) is 12.4. The Kier molecular flexibility index (Phi) is 3.27. The van der Waals surface area contributed by atoms with E-state index in [2.05, 4.69) is 5.16 Å². The lowest BCUT2D eigenvalue weighted by Crippen LogP contribution is -2.00. The van der Waals surface area contributed by atoms with Gasteiger partial charge in [-0.2, -0.15) is 0 Å². The molecule has 6 heteroatoms. The third kappa shape index (κ3) is 2.69. The van der Waals surface area contributed by atoms with Crippen LogP contribution >= 0.6 is 0 Å². The lowest BCUT2D eigenvalue weighted by Gasteiger charge is -2.07. The van der Waals surface area contributed by atoms with E-state index in [0.29, 0.717) is 18.0 Å². The number of aromatic carboxylic acids is 1. The van der Waals surface area contributed by atoms with Gasteiger partial charge in [0.15, 0.2) is 11.5 Å². The molecule has 0 aliphatic rings. The summed E-state index contributed by atoms with van der Waals surface area (Å²) in [6.07, 6.45) is 1.83. The second kappa shape index (κ2) is 5.24. The maximum Gasteiger partial charge on any atom is 0.358 e. The third-order valence-electron chi connectivity index (χ3n) is 3.08. The Balaban J connectivity index is 1.89. The van der Waals surface area contributed by atoms with E-state index in [1.807, 2.05) is 16.8 Å². The normalized spacial score (nSPS) is 10.7. The Labute approximate surface area is 119 Å². The first-order chi connectivity index (χ1) is 10.1. The summed E-state index contributed by atoms with van der Waals surface area (Å²) in [5.41, 5.74) is 1.49. The van der Waals surface area contributed by atoms with Gasteiger partial charge in [-0.15, -0.1) is 0 Å². The van der Waals surface area contributed by atoms with Crippen LogP contribution in [0.1, 0.15) is 16.1 Å². The van der Waals surface area contributed by atoms with E-state index in [4.69, 9.17) is 9.63 Å². The van der Waals surface area contributed by atoms with Crippen LogP contribution in [0.2, 0.25) is 0 Å². The number of carbonyl (C=O) groups is 1. The summed E-state index contributed by atoms with van der Waals surface area (Å²) >= 11 is 0. The highest BCUT2D eigenvalue weighted by Gasteiger charge is 2.14. The van der Waals surface area contributed by atoms with Crippen LogP contribution in [-0.4, -0.2) is 20.8 Å². The van der Waals surface area contributed by atoms with Crippen molar-refractivity contribution in [2.75, 3.05) is 0 Å². The van der Waals surface area contributed by atoms with Crippen molar-refractivity contribution in [3.8, 4) is 11.5 Å². The van der Waals surface area contributed by atoms with Gasteiger partial charge in [-0.3, -0.25) is 0 Å². The van der Waals surface area contributed by atoms with Gasteiger partial charge in [-0.1, -0.05) is 17.3 Å². The highest BCUT2D eigenvalue weighted by molar-refractivity contribution is 5.86. The van der Waals surface area contributed by atoms with Crippen molar-refractivity contribution in [1.82, 2.24) is 9.72 Å². The van der Waals surface area contributed by atoms with Gasteiger partial charge in [0.2, 0.25) is 0 Å². The Bertz CT molecular complexity index is 774. The molecule has 0 bridgehead atoms. The lowest BCUT2D eigenvalue weighted by atomic mass is 10.2. The van der Waals surface area contributed by atoms with Crippen LogP contribution < -0.4 is 0 Å². The maximum absolute atomic E-state index is 12.9. The number of halogens is 1. The van der Waals surface area contributed by atoms with E-state index < -0.39 is 5.97 Å². The van der Waals surface area contributed by atoms with Crippen LogP contribution in [0, 0.1) is 5.82 Å². The quantitative estimate of drug-likeness (QED) is 0.800. The number of hydrogen-bond acceptors (Lipinski definition) is 3. The fraction of sp³-hybridized carbons (Fsp3) is 0.0667. The molecule has 0 fully saturated rings. The molecule has 106 valence electrons. The van der Waals surface area contributed by atoms with Gasteiger partial charge in [-0.05, 0) is 29.8 Å². The van der Waals surface area contributed by atoms with Gasteiger partial charge in [0, 0.05) is 18.8 Å². The molecule has 0 radical (unpaired) electrons. The predicted molar refractivity (Wildman–Crippen MR) is 72.4 cm³/mol. The van der Waals surface area contributed by atoms with Crippen LogP contribution in [-0.2, 0) is 6.54 Å². The van der Waals surface area contributed by atoms with E-state index in [9.17, 15) is 9.18 Å². The zero-order valence-corrected chi connectivity index (χ0v) is 10.9. The molecule has 0 aliphatic heterocycles. The molecule has 2 aromatic heterocycles. The van der Waals surface area contributed by atoms with Crippen LogP contribution in [0.4, 0.5) is 4.39 Å². The first kappa shape index (κ1) is 13.1. The average Bonchev–Trinajstić information content (AvgIpc) is 3.09. The van der Waals surface area contributed by atoms with E-state index in [-0.39, 0.29) is 11.5 Å². The van der Waals surface area contributed by atoms with E-state index in [1.165, 1.54) is 18.2 Å². The Morgan fingerprint density at radius 2 is 2.05 bits per heavy atom. The standard InChI is InChI=1S/C15H11FN2O3/c16-11-5-3-10(4-6-11)9-18-7-1-2-13(18)14-8-12(15(19)20)17-21-14/h1-8H,9H2,(H,19,20). The maximum atomic E-state index is 12.9. The van der Waals surface area contributed by atoms with Crippen molar-refractivity contribution in [2.45, 2.75) is 6.54 Å². The largest absolute Gasteiger partial charge is 0.476 e. The van der Waals surface area contributed by atoms with Gasteiger partial charge in [0.25, 0.3) is 0 Å². The molecule has 2 heterocycles. The predicted octanol–water partition coefficient (Wildman–Crippen LogP) is 3.03. The zero-order valence-electron chi connectivity index (χ0n) is 10.9. The molecule has 1 N–H and O–H groups in total. The minimum absolute atomic E-state index is 0.139. The Morgan fingerprint density at radius 1 is 1.29 bits per heavy atom. The first-order valence-corrected chi connectivity index (χ1v) is 6.23. The average molecular weight is 286 g/mol. The van der Waals surface area contributed by atoms with Gasteiger partial charge < -0.3 is 14.2 Å². The van der Waals surface area contributed by atoms with Crippen LogP contribution in [0.3, 0.4) is 0 Å². The molecule has 21 heavy (non-hydrogen) atoms. The Morgan fingerprint density at radius 3 is 2.71 bits per heavy atom. The number of rotatable bonds is 4. The van der Waals surface area contributed by atoms with Gasteiger partial charge >= 0.3 is 5.97 Å². The number of nitrogens with zero attached hydrogens (tertiary/aromatic N) is 2. The van der Waals surface area contributed by atoms with E-state index >= 15 is 0 Å². The number of hydrogen-bond donors (Lipinski definition) is 1. The molecule has 3 aromatic rings. The molecular weight excluding hydrogens is 275 g/mol. The number of carboxylic acid groups (broad SMARTS) is 1. The van der Waals surface area contributed by atoms with Gasteiger partial charge in [0.05, 0.1) is 5.69 Å². The number of benzene rings is 1. The molecule has 0 atom stereocenters. The monoisotopic (exact) mass is 286 g/mol. The topological polar surface area (TPSA) is 68.3 Å². The van der Waals surface area contributed by atoms with Crippen molar-refractivity contribution in [3.63, 3.8) is 0 Å². The van der Waals surface area contributed by atoms with E-state index in [0.717, 1.165) is 5.56 Å². The molecule has 3 rings (SSSR count). The van der Waals surface area contributed by atoms with Crippen molar-refractivity contribution < 1.29 is 18.8 Å². The molecule has 1 aromatic carbocycles. The molecular formula is C15H11FN2O3. The highest BCUT2D eigenvalue weighted by Crippen LogP contribution is 2.22. The fourth-order valence-corrected chi connectivity index (χ4v) is 2.06. The zero-order chi connectivity index (χ0) is 14.8. The summed E-state index contributed by atoms with van der Waals surface area (Å²) in [4.78, 5) is 10.8. The van der Waals surface area contributed by atoms with E-state index in [1.54, 1.807) is 18.2 Å². The summed E-state index contributed by atoms with van der Waals surface area (Å²) in [7, 11) is 0. The molecule has 0 saturated carbocycles. The fourth-order valence-electron chi connectivity index (χ4n) is 2.06. The first-order valence-electron chi connectivity index (χ1n) is 6.23. The van der Waals surface area contributed by atoms with Crippen molar-refractivity contribution >= 4 is 5.97 Å². The minimum Gasteiger partial charge on any atom is -0.476 e. The smallest absolute Gasteiger partial charge is 0.358 e. The number of aromatic nitrogens is 2. The second-order valence-electron chi connectivity index (χ2n) is 4.53. The summed E-state index contributed by atoms with van der Waals surface area (Å²) < 4.78 is 19.8. The minimum atomic E-state index is -1.14. The van der Waals surface area contributed by atoms with Crippen LogP contribution in [0.25, 0.3) is 11.5 Å². The summed E-state index contributed by atoms with van der Waals surface area (Å²) in [6.45, 7) is 0.520. The van der Waals surface area contributed by atoms with Crippen molar-refractivity contribution in [1.29, 1.82) is 0 Å². The SMILES string of the molecule is O=C(O)c1cc(-c2cccn2Cc2ccc(F)cc2)on1. The highest BCUT2D eigenvalue weighted by atomic mass is 19.1. The van der Waals surface area contributed by atoms with Crippen LogP contribution in [0.5, 0.6) is 0 Å². The van der Waals surface area contributed by atoms with Gasteiger partial charge in [0.1, 0.15) is 5.82 Å². The van der Waals surface area contributed by atoms with Crippen LogP contribution in [0.15, 0.2) is 53.2 Å². The van der Waals surface area contributed by atoms with Gasteiger partial charge in [-0.25, -0.2) is 9.18 Å². The molecule has 0 unspecified atom stereocenters. The molecule has 0 aliphatic carbocycles. The lowest BCUT2D eigenvalue weighted by molar-refractivity contribution is 0.0686. The summed E-state index contributed by atoms with van der Waals surface area (Å²) in [6, 6.07) is 11.2. The molecule has 0 spiro atoms. The number of carboxylic acids is 1. The summed E-state index contributed by atoms with van der Waals surface area (Å²) in [5.74, 6) is -1.05. The second-order valence-corrected chi connectivity index (χ2v) is 4.53. The third-order valence-corrected chi connectivity index (χ3v) is 3.08. The molecule has 0 amide bonds. The Hall–Kier alpha value is -2.89. The van der Waals surface area contributed by atoms with Crippen molar-refractivity contribution in [2.24, 2.45) is 0 Å². The van der Waals surface area contributed by atoms with Crippen molar-refractivity contribution in [3.05, 3.63) is 65.7 Å². The molecule has 0 saturated heterocycles.